The van der Waals surface area contributed by atoms with E-state index in [0.29, 0.717) is 13.0 Å². The molecule has 0 bridgehead atoms. The fourth-order valence-corrected chi connectivity index (χ4v) is 2.03. The normalized spacial score (nSPS) is 13.7. The largest absolute Gasteiger partial charge is 0.493 e. The number of unbranched alkanes of at least 4 members (excludes halogenated alkanes) is 1. The Bertz CT molecular complexity index is 611. The van der Waals surface area contributed by atoms with Gasteiger partial charge in [-0.3, -0.25) is 4.98 Å². The highest BCUT2D eigenvalue weighted by Gasteiger charge is 2.15. The number of hydrogen-bond acceptors (Lipinski definition) is 4. The standard InChI is InChI=1S/C16H19N3O/c1-16(18,12-17)9-2-3-11-20-15-8-4-7-14-13(15)6-5-10-19-14/h4-8,10H,2-3,9,11,18H2,1H3. The Morgan fingerprint density at radius 3 is 2.95 bits per heavy atom. The van der Waals surface area contributed by atoms with Gasteiger partial charge in [-0.1, -0.05) is 6.07 Å². The van der Waals surface area contributed by atoms with E-state index in [9.17, 15) is 0 Å². The van der Waals surface area contributed by atoms with E-state index in [1.54, 1.807) is 13.1 Å². The lowest BCUT2D eigenvalue weighted by Crippen LogP contribution is -2.33. The summed E-state index contributed by atoms with van der Waals surface area (Å²) in [6.45, 7) is 2.37. The van der Waals surface area contributed by atoms with Crippen LogP contribution in [0.15, 0.2) is 36.5 Å². The van der Waals surface area contributed by atoms with E-state index in [-0.39, 0.29) is 0 Å². The summed E-state index contributed by atoms with van der Waals surface area (Å²) in [5.41, 5.74) is 5.98. The molecule has 1 aromatic heterocycles. The second-order valence-corrected chi connectivity index (χ2v) is 5.16. The van der Waals surface area contributed by atoms with Crippen molar-refractivity contribution in [3.8, 4) is 11.8 Å². The van der Waals surface area contributed by atoms with E-state index >= 15 is 0 Å². The number of nitrogens with two attached hydrogens (primary N) is 1. The first-order chi connectivity index (χ1) is 9.62. The number of hydrogen-bond donors (Lipinski definition) is 1. The van der Waals surface area contributed by atoms with Crippen LogP contribution < -0.4 is 10.5 Å². The molecule has 20 heavy (non-hydrogen) atoms. The average Bonchev–Trinajstić information content (AvgIpc) is 2.47. The number of fused-ring (bicyclic) bond motifs is 1. The maximum atomic E-state index is 8.83. The van der Waals surface area contributed by atoms with Crippen molar-refractivity contribution in [3.05, 3.63) is 36.5 Å². The fourth-order valence-electron chi connectivity index (χ4n) is 2.03. The predicted octanol–water partition coefficient (Wildman–Crippen LogP) is 3.02. The maximum Gasteiger partial charge on any atom is 0.128 e. The van der Waals surface area contributed by atoms with Crippen LogP contribution in [-0.4, -0.2) is 17.1 Å². The van der Waals surface area contributed by atoms with Gasteiger partial charge in [0.1, 0.15) is 11.3 Å². The first kappa shape index (κ1) is 14.3. The third-order valence-corrected chi connectivity index (χ3v) is 3.21. The molecule has 1 atom stereocenters. The highest BCUT2D eigenvalue weighted by molar-refractivity contribution is 5.84. The topological polar surface area (TPSA) is 71.9 Å². The van der Waals surface area contributed by atoms with E-state index in [4.69, 9.17) is 15.7 Å². The lowest BCUT2D eigenvalue weighted by Gasteiger charge is -2.14. The van der Waals surface area contributed by atoms with E-state index in [0.717, 1.165) is 29.5 Å². The number of benzene rings is 1. The van der Waals surface area contributed by atoms with Crippen molar-refractivity contribution in [3.63, 3.8) is 0 Å². The molecule has 2 aromatic rings. The van der Waals surface area contributed by atoms with Gasteiger partial charge in [-0.2, -0.15) is 5.26 Å². The Kier molecular flexibility index (Phi) is 4.54. The first-order valence-corrected chi connectivity index (χ1v) is 6.79. The minimum Gasteiger partial charge on any atom is -0.493 e. The van der Waals surface area contributed by atoms with Crippen LogP contribution in [0.5, 0.6) is 5.75 Å². The van der Waals surface area contributed by atoms with Crippen LogP contribution in [0.4, 0.5) is 0 Å². The van der Waals surface area contributed by atoms with E-state index in [2.05, 4.69) is 11.1 Å². The van der Waals surface area contributed by atoms with Gasteiger partial charge in [0.15, 0.2) is 0 Å². The van der Waals surface area contributed by atoms with Crippen LogP contribution in [0.3, 0.4) is 0 Å². The Morgan fingerprint density at radius 2 is 2.15 bits per heavy atom. The lowest BCUT2D eigenvalue weighted by molar-refractivity contribution is 0.304. The van der Waals surface area contributed by atoms with Crippen molar-refractivity contribution in [1.82, 2.24) is 4.98 Å². The Morgan fingerprint density at radius 1 is 1.30 bits per heavy atom. The second-order valence-electron chi connectivity index (χ2n) is 5.16. The zero-order chi connectivity index (χ0) is 14.4. The third kappa shape index (κ3) is 3.69. The number of rotatable bonds is 6. The minimum absolute atomic E-state index is 0.621. The molecular formula is C16H19N3O. The zero-order valence-electron chi connectivity index (χ0n) is 11.7. The predicted molar refractivity (Wildman–Crippen MR) is 79.3 cm³/mol. The minimum atomic E-state index is -0.733. The number of pyridine rings is 1. The summed E-state index contributed by atoms with van der Waals surface area (Å²) < 4.78 is 5.80. The summed E-state index contributed by atoms with van der Waals surface area (Å²) in [4.78, 5) is 4.30. The highest BCUT2D eigenvalue weighted by atomic mass is 16.5. The van der Waals surface area contributed by atoms with Gasteiger partial charge < -0.3 is 10.5 Å². The molecular weight excluding hydrogens is 250 g/mol. The molecule has 4 nitrogen and oxygen atoms in total. The molecule has 0 amide bonds. The average molecular weight is 269 g/mol. The van der Waals surface area contributed by atoms with Gasteiger partial charge in [-0.25, -0.2) is 0 Å². The second kappa shape index (κ2) is 6.36. The SMILES string of the molecule is CC(N)(C#N)CCCCOc1cccc2ncccc12. The summed E-state index contributed by atoms with van der Waals surface area (Å²) >= 11 is 0. The number of ether oxygens (including phenoxy) is 1. The van der Waals surface area contributed by atoms with Crippen LogP contribution >= 0.6 is 0 Å². The van der Waals surface area contributed by atoms with Crippen molar-refractivity contribution in [1.29, 1.82) is 5.26 Å². The molecule has 1 unspecified atom stereocenters. The molecule has 0 saturated heterocycles. The zero-order valence-corrected chi connectivity index (χ0v) is 11.7. The summed E-state index contributed by atoms with van der Waals surface area (Å²) in [5, 5.41) is 9.86. The molecule has 1 heterocycles. The Labute approximate surface area is 119 Å². The molecule has 0 aliphatic carbocycles. The van der Waals surface area contributed by atoms with Crippen LogP contribution in [0.25, 0.3) is 10.9 Å². The number of nitrogens with zero attached hydrogens (tertiary/aromatic N) is 2. The van der Waals surface area contributed by atoms with Crippen molar-refractivity contribution in [2.45, 2.75) is 31.7 Å². The van der Waals surface area contributed by atoms with Gasteiger partial charge in [0.05, 0.1) is 18.2 Å². The van der Waals surface area contributed by atoms with Crippen molar-refractivity contribution in [2.24, 2.45) is 5.73 Å². The molecule has 0 fully saturated rings. The van der Waals surface area contributed by atoms with Gasteiger partial charge >= 0.3 is 0 Å². The molecule has 1 aromatic carbocycles. The lowest BCUT2D eigenvalue weighted by atomic mass is 9.98. The van der Waals surface area contributed by atoms with Gasteiger partial charge in [-0.15, -0.1) is 0 Å². The molecule has 2 rings (SSSR count). The fraction of sp³-hybridized carbons (Fsp3) is 0.375. The van der Waals surface area contributed by atoms with E-state index in [1.807, 2.05) is 30.3 Å². The highest BCUT2D eigenvalue weighted by Crippen LogP contribution is 2.23. The molecule has 0 radical (unpaired) electrons. The quantitative estimate of drug-likeness (QED) is 0.818. The van der Waals surface area contributed by atoms with Gasteiger partial charge in [0.25, 0.3) is 0 Å². The summed E-state index contributed by atoms with van der Waals surface area (Å²) in [6.07, 6.45) is 4.22. The molecule has 104 valence electrons. The van der Waals surface area contributed by atoms with Crippen LogP contribution in [0.1, 0.15) is 26.2 Å². The smallest absolute Gasteiger partial charge is 0.128 e. The maximum absolute atomic E-state index is 8.83. The molecule has 0 aliphatic heterocycles. The van der Waals surface area contributed by atoms with Crippen LogP contribution in [-0.2, 0) is 0 Å². The van der Waals surface area contributed by atoms with Crippen LogP contribution in [0, 0.1) is 11.3 Å². The van der Waals surface area contributed by atoms with Gasteiger partial charge in [-0.05, 0) is 50.5 Å². The molecule has 0 spiro atoms. The van der Waals surface area contributed by atoms with Gasteiger partial charge in [0.2, 0.25) is 0 Å². The van der Waals surface area contributed by atoms with Crippen molar-refractivity contribution < 1.29 is 4.74 Å². The summed E-state index contributed by atoms with van der Waals surface area (Å²) in [5.74, 6) is 0.853. The Balaban J connectivity index is 1.86. The number of aromatic nitrogens is 1. The van der Waals surface area contributed by atoms with E-state index in [1.165, 1.54) is 0 Å². The van der Waals surface area contributed by atoms with Gasteiger partial charge in [0, 0.05) is 11.6 Å². The van der Waals surface area contributed by atoms with Crippen molar-refractivity contribution >= 4 is 10.9 Å². The molecule has 2 N–H and O–H groups in total. The Hall–Kier alpha value is -2.12. The molecule has 0 aliphatic rings. The third-order valence-electron chi connectivity index (χ3n) is 3.21. The first-order valence-electron chi connectivity index (χ1n) is 6.79. The molecule has 0 saturated carbocycles. The summed E-state index contributed by atoms with van der Waals surface area (Å²) in [7, 11) is 0. The van der Waals surface area contributed by atoms with Crippen LogP contribution in [0.2, 0.25) is 0 Å². The van der Waals surface area contributed by atoms with Crippen molar-refractivity contribution in [2.75, 3.05) is 6.61 Å². The monoisotopic (exact) mass is 269 g/mol. The van der Waals surface area contributed by atoms with E-state index < -0.39 is 5.54 Å². The molecule has 4 heteroatoms. The summed E-state index contributed by atoms with van der Waals surface area (Å²) in [6, 6.07) is 11.9. The number of nitriles is 1.